The van der Waals surface area contributed by atoms with Crippen molar-refractivity contribution in [1.29, 1.82) is 0 Å². The van der Waals surface area contributed by atoms with Crippen LogP contribution in [0.25, 0.3) is 0 Å². The Morgan fingerprint density at radius 2 is 1.65 bits per heavy atom. The van der Waals surface area contributed by atoms with Crippen molar-refractivity contribution in [3.63, 3.8) is 0 Å². The van der Waals surface area contributed by atoms with Crippen molar-refractivity contribution in [3.8, 4) is 11.5 Å². The molecule has 0 atom stereocenters. The van der Waals surface area contributed by atoms with Gasteiger partial charge in [0.05, 0.1) is 18.5 Å². The molecule has 3 aromatic rings. The van der Waals surface area contributed by atoms with Crippen LogP contribution < -0.4 is 9.64 Å². The third-order valence-electron chi connectivity index (χ3n) is 5.53. The number of amides is 3. The first-order chi connectivity index (χ1) is 15.1. The number of para-hydroxylation sites is 1. The standard InChI is InChI=1S/C23H20ClN3O4/c24-17-7-8-20-18(14-17)27(15-16-4-1-2-5-19(16)31-20)23(29)26-11-9-25(10-12-26)22(28)21-6-3-13-30-21/h1-8,13-14H,9-12,15H2. The maximum atomic E-state index is 13.5. The average molecular weight is 438 g/mol. The molecule has 2 aliphatic heterocycles. The summed E-state index contributed by atoms with van der Waals surface area (Å²) in [6, 6.07) is 16.1. The van der Waals surface area contributed by atoms with E-state index in [1.54, 1.807) is 45.0 Å². The maximum Gasteiger partial charge on any atom is 0.325 e. The Bertz CT molecular complexity index is 1120. The molecule has 2 aromatic carbocycles. The van der Waals surface area contributed by atoms with Gasteiger partial charge in [-0.2, -0.15) is 0 Å². The SMILES string of the molecule is O=C(c1ccco1)N1CCN(C(=O)N2Cc3ccccc3Oc3ccc(Cl)cc32)CC1. The van der Waals surface area contributed by atoms with E-state index in [1.165, 1.54) is 6.26 Å². The van der Waals surface area contributed by atoms with Crippen molar-refractivity contribution in [2.75, 3.05) is 31.1 Å². The van der Waals surface area contributed by atoms with E-state index >= 15 is 0 Å². The lowest BCUT2D eigenvalue weighted by atomic mass is 10.2. The number of halogens is 1. The van der Waals surface area contributed by atoms with Crippen molar-refractivity contribution >= 4 is 29.2 Å². The Morgan fingerprint density at radius 3 is 2.42 bits per heavy atom. The third-order valence-corrected chi connectivity index (χ3v) is 5.77. The van der Waals surface area contributed by atoms with E-state index in [4.69, 9.17) is 20.8 Å². The number of urea groups is 1. The van der Waals surface area contributed by atoms with Crippen LogP contribution in [-0.2, 0) is 6.54 Å². The summed E-state index contributed by atoms with van der Waals surface area (Å²) in [5.41, 5.74) is 1.54. The van der Waals surface area contributed by atoms with E-state index < -0.39 is 0 Å². The highest BCUT2D eigenvalue weighted by molar-refractivity contribution is 6.31. The van der Waals surface area contributed by atoms with Gasteiger partial charge in [0.1, 0.15) is 5.75 Å². The van der Waals surface area contributed by atoms with Gasteiger partial charge in [-0.3, -0.25) is 9.69 Å². The number of carbonyl (C=O) groups is 2. The van der Waals surface area contributed by atoms with Gasteiger partial charge in [0.2, 0.25) is 0 Å². The van der Waals surface area contributed by atoms with Gasteiger partial charge < -0.3 is 19.0 Å². The molecule has 0 spiro atoms. The lowest BCUT2D eigenvalue weighted by Gasteiger charge is -2.37. The predicted molar refractivity (Wildman–Crippen MR) is 116 cm³/mol. The number of hydrogen-bond acceptors (Lipinski definition) is 4. The van der Waals surface area contributed by atoms with Gasteiger partial charge in [-0.15, -0.1) is 0 Å². The topological polar surface area (TPSA) is 66.2 Å². The minimum Gasteiger partial charge on any atom is -0.459 e. The van der Waals surface area contributed by atoms with E-state index in [0.29, 0.717) is 54.9 Å². The van der Waals surface area contributed by atoms with Crippen LogP contribution in [0.5, 0.6) is 11.5 Å². The van der Waals surface area contributed by atoms with Crippen LogP contribution in [0.15, 0.2) is 65.3 Å². The molecule has 1 saturated heterocycles. The second-order valence-corrected chi connectivity index (χ2v) is 7.88. The Kier molecular flexibility index (Phi) is 5.03. The molecule has 0 saturated carbocycles. The molecule has 0 aliphatic carbocycles. The highest BCUT2D eigenvalue weighted by Crippen LogP contribution is 2.40. The number of piperazine rings is 1. The number of carbonyl (C=O) groups excluding carboxylic acids is 2. The minimum absolute atomic E-state index is 0.145. The van der Waals surface area contributed by atoms with Gasteiger partial charge in [0.25, 0.3) is 5.91 Å². The normalized spacial score (nSPS) is 15.6. The fraction of sp³-hybridized carbons (Fsp3) is 0.217. The van der Waals surface area contributed by atoms with Crippen LogP contribution in [0.4, 0.5) is 10.5 Å². The smallest absolute Gasteiger partial charge is 0.325 e. The molecule has 1 fully saturated rings. The molecular weight excluding hydrogens is 418 g/mol. The number of anilines is 1. The van der Waals surface area contributed by atoms with Crippen molar-refractivity contribution < 1.29 is 18.7 Å². The number of hydrogen-bond donors (Lipinski definition) is 0. The summed E-state index contributed by atoms with van der Waals surface area (Å²) < 4.78 is 11.3. The van der Waals surface area contributed by atoms with E-state index in [-0.39, 0.29) is 11.9 Å². The number of benzene rings is 2. The molecule has 3 amide bonds. The zero-order valence-corrected chi connectivity index (χ0v) is 17.4. The average Bonchev–Trinajstić information content (AvgIpc) is 3.28. The molecule has 158 valence electrons. The molecule has 0 unspecified atom stereocenters. The summed E-state index contributed by atoms with van der Waals surface area (Å²) in [6.45, 7) is 2.11. The van der Waals surface area contributed by atoms with Crippen LogP contribution in [0.1, 0.15) is 16.1 Å². The molecule has 31 heavy (non-hydrogen) atoms. The quantitative estimate of drug-likeness (QED) is 0.557. The first-order valence-electron chi connectivity index (χ1n) is 10.0. The second kappa shape index (κ2) is 8.00. The molecule has 8 heteroatoms. The zero-order chi connectivity index (χ0) is 21.4. The highest BCUT2D eigenvalue weighted by atomic mass is 35.5. The zero-order valence-electron chi connectivity index (χ0n) is 16.7. The van der Waals surface area contributed by atoms with Gasteiger partial charge in [0, 0.05) is 36.8 Å². The molecule has 0 N–H and O–H groups in total. The molecule has 1 aromatic heterocycles. The van der Waals surface area contributed by atoms with Crippen LogP contribution >= 0.6 is 11.6 Å². The highest BCUT2D eigenvalue weighted by Gasteiger charge is 2.32. The van der Waals surface area contributed by atoms with Crippen molar-refractivity contribution in [1.82, 2.24) is 9.80 Å². The third kappa shape index (κ3) is 3.72. The van der Waals surface area contributed by atoms with E-state index in [2.05, 4.69) is 0 Å². The summed E-state index contributed by atoms with van der Waals surface area (Å²) in [4.78, 5) is 31.2. The number of rotatable bonds is 1. The first-order valence-corrected chi connectivity index (χ1v) is 10.4. The van der Waals surface area contributed by atoms with E-state index in [9.17, 15) is 9.59 Å². The summed E-state index contributed by atoms with van der Waals surface area (Å²) >= 11 is 6.24. The molecule has 0 radical (unpaired) electrons. The lowest BCUT2D eigenvalue weighted by molar-refractivity contribution is 0.0637. The van der Waals surface area contributed by atoms with Crippen molar-refractivity contribution in [2.45, 2.75) is 6.54 Å². The molecule has 0 bridgehead atoms. The van der Waals surface area contributed by atoms with Crippen molar-refractivity contribution in [2.24, 2.45) is 0 Å². The largest absolute Gasteiger partial charge is 0.459 e. The number of ether oxygens (including phenoxy) is 1. The fourth-order valence-corrected chi connectivity index (χ4v) is 4.06. The minimum atomic E-state index is -0.161. The summed E-state index contributed by atoms with van der Waals surface area (Å²) in [7, 11) is 0. The predicted octanol–water partition coefficient (Wildman–Crippen LogP) is 4.62. The molecule has 2 aliphatic rings. The van der Waals surface area contributed by atoms with Gasteiger partial charge >= 0.3 is 6.03 Å². The molecule has 7 nitrogen and oxygen atoms in total. The molecule has 3 heterocycles. The monoisotopic (exact) mass is 437 g/mol. The Balaban J connectivity index is 1.37. The van der Waals surface area contributed by atoms with Gasteiger partial charge in [-0.1, -0.05) is 29.8 Å². The first kappa shape index (κ1) is 19.5. The van der Waals surface area contributed by atoms with Crippen LogP contribution in [0, 0.1) is 0 Å². The Morgan fingerprint density at radius 1 is 0.871 bits per heavy atom. The fourth-order valence-electron chi connectivity index (χ4n) is 3.89. The van der Waals surface area contributed by atoms with Gasteiger partial charge in [0.15, 0.2) is 11.5 Å². The number of nitrogens with zero attached hydrogens (tertiary/aromatic N) is 3. The second-order valence-electron chi connectivity index (χ2n) is 7.45. The van der Waals surface area contributed by atoms with Gasteiger partial charge in [-0.25, -0.2) is 4.79 Å². The van der Waals surface area contributed by atoms with Crippen LogP contribution in [-0.4, -0.2) is 47.9 Å². The van der Waals surface area contributed by atoms with Crippen molar-refractivity contribution in [3.05, 3.63) is 77.2 Å². The summed E-state index contributed by atoms with van der Waals surface area (Å²) in [5, 5.41) is 0.528. The van der Waals surface area contributed by atoms with E-state index in [0.717, 1.165) is 11.3 Å². The van der Waals surface area contributed by atoms with Crippen LogP contribution in [0.3, 0.4) is 0 Å². The van der Waals surface area contributed by atoms with Gasteiger partial charge in [-0.05, 0) is 36.4 Å². The lowest BCUT2D eigenvalue weighted by Crippen LogP contribution is -2.54. The maximum absolute atomic E-state index is 13.5. The number of fused-ring (bicyclic) bond motifs is 2. The Labute approximate surface area is 184 Å². The molecule has 5 rings (SSSR count). The Hall–Kier alpha value is -3.45. The number of furan rings is 1. The summed E-state index contributed by atoms with van der Waals surface area (Å²) in [6.07, 6.45) is 1.48. The van der Waals surface area contributed by atoms with E-state index in [1.807, 2.05) is 24.3 Å². The van der Waals surface area contributed by atoms with Crippen LogP contribution in [0.2, 0.25) is 5.02 Å². The summed E-state index contributed by atoms with van der Waals surface area (Å²) in [5.74, 6) is 1.44. The molecular formula is C23H20ClN3O4.